The Hall–Kier alpha value is -4.00. The van der Waals surface area contributed by atoms with E-state index in [1.165, 1.54) is 35.3 Å². The Bertz CT molecular complexity index is 1400. The Morgan fingerprint density at radius 1 is 1.00 bits per heavy atom. The summed E-state index contributed by atoms with van der Waals surface area (Å²) in [6, 6.07) is 6.22. The van der Waals surface area contributed by atoms with Gasteiger partial charge in [-0.2, -0.15) is 8.78 Å². The van der Waals surface area contributed by atoms with Gasteiger partial charge in [-0.15, -0.1) is 5.10 Å². The molecule has 4 aromatic rings. The summed E-state index contributed by atoms with van der Waals surface area (Å²) < 4.78 is 91.3. The van der Waals surface area contributed by atoms with Crippen molar-refractivity contribution in [2.75, 3.05) is 5.32 Å². The lowest BCUT2D eigenvalue weighted by Crippen LogP contribution is -2.13. The molecule has 0 fully saturated rings. The molecule has 0 bridgehead atoms. The summed E-state index contributed by atoms with van der Waals surface area (Å²) in [5.74, 6) is -14.2. The molecule has 0 radical (unpaired) electrons. The van der Waals surface area contributed by atoms with Gasteiger partial charge in [-0.05, 0) is 29.8 Å². The first kappa shape index (κ1) is 24.1. The maximum Gasteiger partial charge on any atom is 0.293 e. The molecule has 0 saturated carbocycles. The van der Waals surface area contributed by atoms with Gasteiger partial charge < -0.3 is 9.15 Å². The molecule has 35 heavy (non-hydrogen) atoms. The van der Waals surface area contributed by atoms with Crippen molar-refractivity contribution in [1.29, 1.82) is 0 Å². The Kier molecular flexibility index (Phi) is 6.69. The fourth-order valence-electron chi connectivity index (χ4n) is 2.85. The molecule has 0 aliphatic heterocycles. The number of carbonyl (C=O) groups excluding carboxylic acids is 1. The minimum atomic E-state index is -2.32. The number of nitrogens with one attached hydrogen (secondary N) is 1. The summed E-state index contributed by atoms with van der Waals surface area (Å²) in [7, 11) is 0. The molecule has 0 aliphatic carbocycles. The van der Waals surface area contributed by atoms with Gasteiger partial charge in [-0.25, -0.2) is 27.2 Å². The van der Waals surface area contributed by atoms with Crippen LogP contribution in [0.3, 0.4) is 0 Å². The molecular weight excluding hydrogens is 506 g/mol. The van der Waals surface area contributed by atoms with Crippen LogP contribution in [-0.2, 0) is 13.2 Å². The largest absolute Gasteiger partial charge is 0.479 e. The smallest absolute Gasteiger partial charge is 0.293 e. The van der Waals surface area contributed by atoms with Crippen molar-refractivity contribution in [1.82, 2.24) is 14.8 Å². The zero-order valence-corrected chi connectivity index (χ0v) is 17.8. The molecule has 2 aromatic carbocycles. The van der Waals surface area contributed by atoms with E-state index in [4.69, 9.17) is 16.0 Å². The number of nitrogens with zero attached hydrogens (tertiary/aromatic N) is 3. The number of benzene rings is 2. The van der Waals surface area contributed by atoms with E-state index < -0.39 is 53.2 Å². The fourth-order valence-corrected chi connectivity index (χ4v) is 3.07. The van der Waals surface area contributed by atoms with E-state index in [-0.39, 0.29) is 29.0 Å². The van der Waals surface area contributed by atoms with Gasteiger partial charge >= 0.3 is 0 Å². The number of halogens is 7. The van der Waals surface area contributed by atoms with Gasteiger partial charge in [0.05, 0.1) is 6.54 Å². The normalized spacial score (nSPS) is 11.1. The molecule has 0 spiro atoms. The lowest BCUT2D eigenvalue weighted by Gasteiger charge is -2.09. The first-order chi connectivity index (χ1) is 16.6. The van der Waals surface area contributed by atoms with Gasteiger partial charge in [0.1, 0.15) is 24.5 Å². The highest BCUT2D eigenvalue weighted by atomic mass is 35.5. The minimum Gasteiger partial charge on any atom is -0.479 e. The molecule has 2 aromatic heterocycles. The van der Waals surface area contributed by atoms with Gasteiger partial charge in [0, 0.05) is 5.02 Å². The van der Waals surface area contributed by atoms with Crippen LogP contribution in [0.2, 0.25) is 5.02 Å². The van der Waals surface area contributed by atoms with Crippen molar-refractivity contribution in [3.63, 3.8) is 0 Å². The number of carbonyl (C=O) groups is 1. The van der Waals surface area contributed by atoms with Crippen molar-refractivity contribution in [2.45, 2.75) is 13.2 Å². The monoisotopic (exact) mass is 516 g/mol. The molecule has 182 valence electrons. The van der Waals surface area contributed by atoms with Gasteiger partial charge in [-0.3, -0.25) is 10.1 Å². The summed E-state index contributed by atoms with van der Waals surface area (Å²) >= 11 is 5.97. The number of anilines is 1. The zero-order valence-electron chi connectivity index (χ0n) is 17.1. The van der Waals surface area contributed by atoms with Crippen molar-refractivity contribution in [2.24, 2.45) is 0 Å². The van der Waals surface area contributed by atoms with E-state index in [2.05, 4.69) is 20.1 Å². The van der Waals surface area contributed by atoms with Crippen molar-refractivity contribution in [3.05, 3.63) is 93.7 Å². The number of furan rings is 1. The highest BCUT2D eigenvalue weighted by Crippen LogP contribution is 2.30. The van der Waals surface area contributed by atoms with Crippen LogP contribution < -0.4 is 10.1 Å². The number of amides is 1. The third-order valence-electron chi connectivity index (χ3n) is 4.52. The van der Waals surface area contributed by atoms with Gasteiger partial charge in [-0.1, -0.05) is 17.7 Å². The van der Waals surface area contributed by atoms with Crippen LogP contribution in [0.5, 0.6) is 5.75 Å². The molecule has 7 nitrogen and oxygen atoms in total. The highest BCUT2D eigenvalue weighted by Gasteiger charge is 2.27. The van der Waals surface area contributed by atoms with Crippen LogP contribution >= 0.6 is 11.6 Å². The Balaban J connectivity index is 1.39. The fraction of sp³-hybridized carbons (Fsp3) is 0.0952. The second kappa shape index (κ2) is 9.70. The number of aromatic nitrogens is 3. The Labute approximate surface area is 196 Å². The van der Waals surface area contributed by atoms with Gasteiger partial charge in [0.25, 0.3) is 5.91 Å². The van der Waals surface area contributed by atoms with E-state index in [0.717, 1.165) is 6.07 Å². The van der Waals surface area contributed by atoms with Crippen molar-refractivity contribution < 1.29 is 40.3 Å². The molecule has 2 heterocycles. The van der Waals surface area contributed by atoms with Crippen LogP contribution in [0.15, 0.2) is 41.1 Å². The highest BCUT2D eigenvalue weighted by molar-refractivity contribution is 6.31. The predicted molar refractivity (Wildman–Crippen MR) is 108 cm³/mol. The SMILES string of the molecule is O=C(Nc1ncn(Cc2ccc(F)cc2Cl)n1)c1ccc(COc2c(F)c(F)c(F)c(F)c2F)o1. The maximum absolute atomic E-state index is 13.7. The number of rotatable bonds is 7. The number of ether oxygens (including phenoxy) is 1. The summed E-state index contributed by atoms with van der Waals surface area (Å²) in [5.41, 5.74) is 0.556. The van der Waals surface area contributed by atoms with Crippen LogP contribution in [0.4, 0.5) is 32.3 Å². The van der Waals surface area contributed by atoms with E-state index in [1.807, 2.05) is 0 Å². The van der Waals surface area contributed by atoms with E-state index in [9.17, 15) is 31.1 Å². The molecule has 14 heteroatoms. The number of hydrogen-bond donors (Lipinski definition) is 1. The third-order valence-corrected chi connectivity index (χ3v) is 4.87. The zero-order chi connectivity index (χ0) is 25.3. The number of hydrogen-bond acceptors (Lipinski definition) is 5. The summed E-state index contributed by atoms with van der Waals surface area (Å²) in [6.45, 7) is -0.598. The summed E-state index contributed by atoms with van der Waals surface area (Å²) in [5, 5.41) is 6.56. The topological polar surface area (TPSA) is 82.2 Å². The molecule has 0 atom stereocenters. The van der Waals surface area contributed by atoms with E-state index in [0.29, 0.717) is 5.56 Å². The quantitative estimate of drug-likeness (QED) is 0.206. The molecule has 4 rings (SSSR count). The molecular formula is C21H11ClF6N4O3. The van der Waals surface area contributed by atoms with Crippen molar-refractivity contribution in [3.8, 4) is 5.75 Å². The molecule has 0 saturated heterocycles. The van der Waals surface area contributed by atoms with E-state index in [1.54, 1.807) is 0 Å². The molecule has 0 aliphatic rings. The van der Waals surface area contributed by atoms with Gasteiger partial charge in [0.2, 0.25) is 35.0 Å². The lowest BCUT2D eigenvalue weighted by atomic mass is 10.2. The molecule has 1 amide bonds. The predicted octanol–water partition coefficient (Wildman–Crippen LogP) is 5.24. The third kappa shape index (κ3) is 5.09. The summed E-state index contributed by atoms with van der Waals surface area (Å²) in [6.07, 6.45) is 1.29. The first-order valence-corrected chi connectivity index (χ1v) is 9.89. The maximum atomic E-state index is 13.7. The lowest BCUT2D eigenvalue weighted by molar-refractivity contribution is 0.0991. The second-order valence-corrected chi connectivity index (χ2v) is 7.32. The standard InChI is InChI=1S/C21H11ClF6N4O3/c22-12-5-10(23)2-1-9(12)6-32-8-29-21(31-32)30-20(33)13-4-3-11(35-13)7-34-19-17(27)15(25)14(24)16(26)18(19)28/h1-5,8H,6-7H2,(H,30,31,33). The minimum absolute atomic E-state index is 0.108. The van der Waals surface area contributed by atoms with Crippen molar-refractivity contribution >= 4 is 23.5 Å². The second-order valence-electron chi connectivity index (χ2n) is 6.91. The molecule has 0 unspecified atom stereocenters. The van der Waals surface area contributed by atoms with Crippen LogP contribution in [0.1, 0.15) is 21.9 Å². The van der Waals surface area contributed by atoms with Gasteiger partial charge in [0.15, 0.2) is 11.5 Å². The van der Waals surface area contributed by atoms with Crippen LogP contribution in [0.25, 0.3) is 0 Å². The average Bonchev–Trinajstić information content (AvgIpc) is 3.48. The average molecular weight is 517 g/mol. The van der Waals surface area contributed by atoms with Crippen LogP contribution in [0, 0.1) is 34.9 Å². The first-order valence-electron chi connectivity index (χ1n) is 9.51. The van der Waals surface area contributed by atoms with Crippen LogP contribution in [-0.4, -0.2) is 20.7 Å². The summed E-state index contributed by atoms with van der Waals surface area (Å²) in [4.78, 5) is 16.2. The molecule has 1 N–H and O–H groups in total. The Morgan fingerprint density at radius 3 is 2.37 bits per heavy atom. The van der Waals surface area contributed by atoms with E-state index >= 15 is 0 Å². The Morgan fingerprint density at radius 2 is 1.69 bits per heavy atom.